The van der Waals surface area contributed by atoms with Gasteiger partial charge >= 0.3 is 5.97 Å². The molecule has 2 aromatic rings. The van der Waals surface area contributed by atoms with Crippen LogP contribution in [0.2, 0.25) is 0 Å². The Morgan fingerprint density at radius 1 is 1.02 bits per heavy atom. The van der Waals surface area contributed by atoms with Crippen LogP contribution >= 0.6 is 0 Å². The maximum absolute atomic E-state index is 12.5. The predicted molar refractivity (Wildman–Crippen MR) is 159 cm³/mol. The van der Waals surface area contributed by atoms with Crippen LogP contribution in [0.5, 0.6) is 5.75 Å². The summed E-state index contributed by atoms with van der Waals surface area (Å²) in [6, 6.07) is 15.8. The molecule has 2 aromatic carbocycles. The first-order valence-corrected chi connectivity index (χ1v) is 15.1. The topological polar surface area (TPSA) is 95.9 Å². The molecule has 41 heavy (non-hydrogen) atoms. The van der Waals surface area contributed by atoms with E-state index < -0.39 is 12.2 Å². The van der Waals surface area contributed by atoms with E-state index in [2.05, 4.69) is 30.2 Å². The van der Waals surface area contributed by atoms with Crippen molar-refractivity contribution in [3.63, 3.8) is 0 Å². The number of aliphatic hydroxyl groups excluding tert-OH is 2. The minimum Gasteiger partial charge on any atom is -0.427 e. The molecule has 5 rings (SSSR count). The molecule has 3 aliphatic rings. The molecule has 0 bridgehead atoms. The highest BCUT2D eigenvalue weighted by Crippen LogP contribution is 2.55. The summed E-state index contributed by atoms with van der Waals surface area (Å²) in [6.07, 6.45) is 9.33. The summed E-state index contributed by atoms with van der Waals surface area (Å²) in [7, 11) is 0. The second-order valence-electron chi connectivity index (χ2n) is 11.8. The van der Waals surface area contributed by atoms with Crippen LogP contribution in [-0.4, -0.2) is 34.3 Å². The molecule has 1 amide bonds. The molecule has 2 unspecified atom stereocenters. The van der Waals surface area contributed by atoms with E-state index in [1.165, 1.54) is 24.8 Å². The van der Waals surface area contributed by atoms with Crippen LogP contribution in [-0.2, 0) is 4.79 Å². The van der Waals surface area contributed by atoms with Gasteiger partial charge in [-0.05, 0) is 92.2 Å². The summed E-state index contributed by atoms with van der Waals surface area (Å²) in [4.78, 5) is 24.8. The van der Waals surface area contributed by atoms with Crippen molar-refractivity contribution in [3.8, 4) is 17.6 Å². The number of benzene rings is 2. The molecule has 6 heteroatoms. The van der Waals surface area contributed by atoms with Crippen molar-refractivity contribution in [2.24, 2.45) is 29.6 Å². The Labute approximate surface area is 243 Å². The first kappa shape index (κ1) is 29.1. The second-order valence-corrected chi connectivity index (χ2v) is 11.8. The van der Waals surface area contributed by atoms with E-state index >= 15 is 0 Å². The quantitative estimate of drug-likeness (QED) is 0.165. The lowest BCUT2D eigenvalue weighted by atomic mass is 9.51. The highest BCUT2D eigenvalue weighted by Gasteiger charge is 2.51. The highest BCUT2D eigenvalue weighted by molar-refractivity contribution is 6.04. The number of allylic oxidation sites excluding steroid dienone is 2. The monoisotopic (exact) mass is 555 g/mol. The van der Waals surface area contributed by atoms with Crippen molar-refractivity contribution in [2.75, 3.05) is 5.32 Å². The molecule has 3 fully saturated rings. The average Bonchev–Trinajstić information content (AvgIpc) is 3.00. The molecule has 0 saturated heterocycles. The number of esters is 1. The number of nitrogens with one attached hydrogen (secondary N) is 1. The van der Waals surface area contributed by atoms with Crippen molar-refractivity contribution < 1.29 is 24.5 Å². The minimum absolute atomic E-state index is 0.107. The van der Waals surface area contributed by atoms with Crippen molar-refractivity contribution in [2.45, 2.75) is 76.9 Å². The van der Waals surface area contributed by atoms with E-state index in [0.717, 1.165) is 19.3 Å². The van der Waals surface area contributed by atoms with Gasteiger partial charge in [0.1, 0.15) is 11.9 Å². The number of ether oxygens (including phenoxy) is 1. The molecule has 0 heterocycles. The fraction of sp³-hybridized carbons (Fsp3) is 0.486. The third kappa shape index (κ3) is 7.09. The minimum atomic E-state index is -0.594. The Morgan fingerprint density at radius 3 is 2.49 bits per heavy atom. The zero-order valence-electron chi connectivity index (χ0n) is 23.8. The number of amides is 1. The van der Waals surface area contributed by atoms with Crippen molar-refractivity contribution >= 4 is 17.6 Å². The van der Waals surface area contributed by atoms with E-state index in [4.69, 9.17) is 4.74 Å². The zero-order valence-corrected chi connectivity index (χ0v) is 23.8. The number of carbonyl (C=O) groups excluding carboxylic acids is 2. The first-order chi connectivity index (χ1) is 19.9. The molecule has 0 aromatic heterocycles. The van der Waals surface area contributed by atoms with Gasteiger partial charge in [-0.25, -0.2) is 0 Å². The molecular weight excluding hydrogens is 514 g/mol. The van der Waals surface area contributed by atoms with Crippen LogP contribution in [0.1, 0.15) is 75.1 Å². The van der Waals surface area contributed by atoms with Crippen LogP contribution in [0, 0.1) is 41.4 Å². The Kier molecular flexibility index (Phi) is 9.59. The summed E-state index contributed by atoms with van der Waals surface area (Å²) in [5.74, 6) is 7.50. The number of fused-ring (bicyclic) bond motifs is 1. The molecule has 3 N–H and O–H groups in total. The lowest BCUT2D eigenvalue weighted by Gasteiger charge is -2.53. The van der Waals surface area contributed by atoms with Gasteiger partial charge < -0.3 is 20.3 Å². The SMILES string of the molecule is CC1C(=CCCC(=O)Oc2ccc(NC(=O)c3ccccc3)cc2)[C@H]2CC[C@@H](O)[C@H](C#CC(O)C3CCCCC3)[C@@H]12. The normalized spacial score (nSPS) is 27.5. The van der Waals surface area contributed by atoms with Gasteiger partial charge in [0, 0.05) is 17.7 Å². The summed E-state index contributed by atoms with van der Waals surface area (Å²) >= 11 is 0. The summed E-state index contributed by atoms with van der Waals surface area (Å²) in [5, 5.41) is 24.2. The molecule has 6 atom stereocenters. The average molecular weight is 556 g/mol. The number of hydrogen-bond donors (Lipinski definition) is 3. The van der Waals surface area contributed by atoms with Crippen molar-refractivity contribution in [1.29, 1.82) is 0 Å². The molecule has 6 nitrogen and oxygen atoms in total. The molecule has 0 aliphatic heterocycles. The van der Waals surface area contributed by atoms with Crippen LogP contribution in [0.4, 0.5) is 5.69 Å². The largest absolute Gasteiger partial charge is 0.427 e. The van der Waals surface area contributed by atoms with Crippen molar-refractivity contribution in [1.82, 2.24) is 0 Å². The van der Waals surface area contributed by atoms with Gasteiger partial charge in [0.25, 0.3) is 5.91 Å². The van der Waals surface area contributed by atoms with Gasteiger partial charge in [-0.3, -0.25) is 9.59 Å². The van der Waals surface area contributed by atoms with Gasteiger partial charge in [-0.15, -0.1) is 0 Å². The zero-order chi connectivity index (χ0) is 28.8. The molecule has 0 spiro atoms. The van der Waals surface area contributed by atoms with Gasteiger partial charge in [-0.2, -0.15) is 0 Å². The van der Waals surface area contributed by atoms with Gasteiger partial charge in [0.15, 0.2) is 0 Å². The smallest absolute Gasteiger partial charge is 0.311 e. The number of anilines is 1. The second kappa shape index (κ2) is 13.5. The lowest BCUT2D eigenvalue weighted by molar-refractivity contribution is -0.134. The van der Waals surface area contributed by atoms with E-state index in [0.29, 0.717) is 47.6 Å². The fourth-order valence-electron chi connectivity index (χ4n) is 6.94. The Bertz CT molecular complexity index is 1290. The summed E-state index contributed by atoms with van der Waals surface area (Å²) in [5.41, 5.74) is 2.55. The van der Waals surface area contributed by atoms with Crippen LogP contribution in [0.15, 0.2) is 66.2 Å². The predicted octanol–water partition coefficient (Wildman–Crippen LogP) is 6.15. The van der Waals surface area contributed by atoms with E-state index in [1.807, 2.05) is 18.2 Å². The van der Waals surface area contributed by atoms with Crippen molar-refractivity contribution in [3.05, 3.63) is 71.8 Å². The molecule has 216 valence electrons. The van der Waals surface area contributed by atoms with Gasteiger partial charge in [0.05, 0.1) is 12.0 Å². The number of rotatable bonds is 7. The third-order valence-electron chi connectivity index (χ3n) is 9.20. The maximum atomic E-state index is 12.5. The number of aliphatic hydroxyl groups is 2. The fourth-order valence-corrected chi connectivity index (χ4v) is 6.94. The Balaban J connectivity index is 1.10. The summed E-state index contributed by atoms with van der Waals surface area (Å²) in [6.45, 7) is 2.19. The third-order valence-corrected chi connectivity index (χ3v) is 9.20. The number of hydrogen-bond acceptors (Lipinski definition) is 5. The van der Waals surface area contributed by atoms with E-state index in [1.54, 1.807) is 36.4 Å². The first-order valence-electron chi connectivity index (χ1n) is 15.1. The highest BCUT2D eigenvalue weighted by atomic mass is 16.5. The van der Waals surface area contributed by atoms with E-state index in [9.17, 15) is 19.8 Å². The summed E-state index contributed by atoms with van der Waals surface area (Å²) < 4.78 is 5.51. The number of carbonyl (C=O) groups is 2. The lowest BCUT2D eigenvalue weighted by Crippen LogP contribution is -2.50. The van der Waals surface area contributed by atoms with Gasteiger partial charge in [-0.1, -0.05) is 67.9 Å². The molecule has 3 aliphatic carbocycles. The van der Waals surface area contributed by atoms with Gasteiger partial charge in [0.2, 0.25) is 0 Å². The molecule has 0 radical (unpaired) electrons. The van der Waals surface area contributed by atoms with Crippen LogP contribution < -0.4 is 10.1 Å². The Hall–Kier alpha value is -3.40. The Morgan fingerprint density at radius 2 is 1.76 bits per heavy atom. The molecular formula is C35H41NO5. The van der Waals surface area contributed by atoms with Crippen LogP contribution in [0.3, 0.4) is 0 Å². The molecule has 3 saturated carbocycles. The maximum Gasteiger partial charge on any atom is 0.311 e. The standard InChI is InChI=1S/C35H41NO5/c1-23-28(29-19-22-32(38)30(34(23)29)20-21-31(37)24-9-4-2-5-10-24)13-8-14-33(39)41-27-17-15-26(16-18-27)36-35(40)25-11-6-3-7-12-25/h3,6-7,11-13,15-18,23-24,29-32,34,37-38H,2,4-5,8-10,14,19,22H2,1H3,(H,36,40)/t23?,29-,30+,31?,32-,34+/m1/s1. The van der Waals surface area contributed by atoms with E-state index in [-0.39, 0.29) is 30.1 Å². The van der Waals surface area contributed by atoms with Crippen LogP contribution in [0.25, 0.3) is 0 Å².